The van der Waals surface area contributed by atoms with Gasteiger partial charge in [-0.3, -0.25) is 0 Å². The van der Waals surface area contributed by atoms with Crippen molar-refractivity contribution in [3.63, 3.8) is 0 Å². The molecule has 1 N–H and O–H groups in total. The molecule has 1 aromatic carbocycles. The molecule has 2 aromatic rings. The average molecular weight is 527 g/mol. The third-order valence-corrected chi connectivity index (χ3v) is 4.79. The monoisotopic (exact) mass is 527 g/mol. The van der Waals surface area contributed by atoms with Gasteiger partial charge < -0.3 is 19.9 Å². The summed E-state index contributed by atoms with van der Waals surface area (Å²) in [6, 6.07) is 10.8. The molecule has 0 bridgehead atoms. The van der Waals surface area contributed by atoms with Crippen molar-refractivity contribution in [2.75, 3.05) is 38.2 Å². The number of nitrogens with one attached hydrogen (secondary N) is 1. The lowest BCUT2D eigenvalue weighted by Gasteiger charge is -2.32. The maximum Gasteiger partial charge on any atom is 0.194 e. The van der Waals surface area contributed by atoms with Crippen LogP contribution in [0.15, 0.2) is 47.6 Å². The first kappa shape index (κ1) is 24.3. The van der Waals surface area contributed by atoms with Gasteiger partial charge in [0.25, 0.3) is 0 Å². The zero-order valence-corrected chi connectivity index (χ0v) is 20.2. The van der Waals surface area contributed by atoms with Crippen LogP contribution in [0.1, 0.15) is 25.0 Å². The van der Waals surface area contributed by atoms with E-state index in [4.69, 9.17) is 9.73 Å². The topological polar surface area (TPSA) is 53.0 Å². The molecule has 1 aliphatic rings. The number of aromatic nitrogens is 1. The Hall–Kier alpha value is -1.94. The van der Waals surface area contributed by atoms with Crippen molar-refractivity contribution >= 4 is 35.8 Å². The second-order valence-electron chi connectivity index (χ2n) is 7.31. The highest BCUT2D eigenvalue weighted by atomic mass is 127. The maximum atomic E-state index is 13.4. The Morgan fingerprint density at radius 3 is 2.83 bits per heavy atom. The molecule has 0 aliphatic carbocycles. The van der Waals surface area contributed by atoms with Crippen LogP contribution in [0.4, 0.5) is 10.2 Å². The van der Waals surface area contributed by atoms with Crippen LogP contribution in [0.25, 0.3) is 0 Å². The number of nitrogens with zero attached hydrogens (tertiary/aromatic N) is 4. The molecular formula is C22H31FIN5O. The van der Waals surface area contributed by atoms with Crippen molar-refractivity contribution in [3.8, 4) is 0 Å². The second kappa shape index (κ2) is 12.0. The first-order chi connectivity index (χ1) is 14.0. The number of benzene rings is 1. The predicted octanol–water partition coefficient (Wildman–Crippen LogP) is 3.66. The highest BCUT2D eigenvalue weighted by Crippen LogP contribution is 2.16. The van der Waals surface area contributed by atoms with Gasteiger partial charge in [0.2, 0.25) is 0 Å². The van der Waals surface area contributed by atoms with E-state index < -0.39 is 0 Å². The van der Waals surface area contributed by atoms with Crippen molar-refractivity contribution in [2.24, 2.45) is 4.99 Å². The molecular weight excluding hydrogens is 496 g/mol. The number of guanidine groups is 1. The molecule has 164 valence electrons. The zero-order chi connectivity index (χ0) is 20.6. The minimum atomic E-state index is -0.223. The van der Waals surface area contributed by atoms with Crippen LogP contribution < -0.4 is 10.2 Å². The molecule has 0 radical (unpaired) electrons. The number of rotatable bonds is 6. The van der Waals surface area contributed by atoms with Crippen LogP contribution in [0, 0.1) is 5.82 Å². The van der Waals surface area contributed by atoms with Crippen LogP contribution >= 0.6 is 24.0 Å². The summed E-state index contributed by atoms with van der Waals surface area (Å²) >= 11 is 0. The second-order valence-corrected chi connectivity index (χ2v) is 7.31. The van der Waals surface area contributed by atoms with Gasteiger partial charge in [-0.2, -0.15) is 0 Å². The smallest absolute Gasteiger partial charge is 0.194 e. The number of morpholine rings is 1. The number of hydrogen-bond acceptors (Lipinski definition) is 4. The zero-order valence-electron chi connectivity index (χ0n) is 17.8. The van der Waals surface area contributed by atoms with E-state index in [1.165, 1.54) is 6.07 Å². The van der Waals surface area contributed by atoms with E-state index in [1.54, 1.807) is 12.1 Å². The standard InChI is InChI=1S/C22H30FN5O.HI/c1-4-24-22(27(3)16-18-6-5-7-20(23)12-18)26-14-19-8-9-21(25-13-19)28-10-11-29-17(2)15-28;/h5-9,12-13,17H,4,10-11,14-16H2,1-3H3,(H,24,26);1H. The summed E-state index contributed by atoms with van der Waals surface area (Å²) in [5, 5.41) is 3.30. The van der Waals surface area contributed by atoms with Gasteiger partial charge in [0.1, 0.15) is 11.6 Å². The number of anilines is 1. The molecule has 1 fully saturated rings. The lowest BCUT2D eigenvalue weighted by atomic mass is 10.2. The van der Waals surface area contributed by atoms with E-state index in [-0.39, 0.29) is 35.9 Å². The van der Waals surface area contributed by atoms with Crippen molar-refractivity contribution in [1.29, 1.82) is 0 Å². The third-order valence-electron chi connectivity index (χ3n) is 4.79. The molecule has 1 aromatic heterocycles. The van der Waals surface area contributed by atoms with Gasteiger partial charge in [0.05, 0.1) is 19.3 Å². The summed E-state index contributed by atoms with van der Waals surface area (Å²) in [7, 11) is 1.95. The Bertz CT molecular complexity index is 817. The number of halogens is 2. The lowest BCUT2D eigenvalue weighted by Crippen LogP contribution is -2.41. The van der Waals surface area contributed by atoms with Crippen molar-refractivity contribution < 1.29 is 9.13 Å². The van der Waals surface area contributed by atoms with E-state index >= 15 is 0 Å². The molecule has 1 atom stereocenters. The SMILES string of the molecule is CCNC(=NCc1ccc(N2CCOC(C)C2)nc1)N(C)Cc1cccc(F)c1.I. The fraction of sp³-hybridized carbons (Fsp3) is 0.455. The van der Waals surface area contributed by atoms with Crippen molar-refractivity contribution in [2.45, 2.75) is 33.0 Å². The summed E-state index contributed by atoms with van der Waals surface area (Å²) in [4.78, 5) is 13.6. The third kappa shape index (κ3) is 7.09. The quantitative estimate of drug-likeness (QED) is 0.353. The number of ether oxygens (including phenoxy) is 1. The van der Waals surface area contributed by atoms with Crippen LogP contribution in [-0.4, -0.2) is 55.2 Å². The van der Waals surface area contributed by atoms with Gasteiger partial charge >= 0.3 is 0 Å². The normalized spacial score (nSPS) is 16.7. The largest absolute Gasteiger partial charge is 0.375 e. The fourth-order valence-corrected chi connectivity index (χ4v) is 3.34. The van der Waals surface area contributed by atoms with Crippen LogP contribution in [0.3, 0.4) is 0 Å². The maximum absolute atomic E-state index is 13.4. The molecule has 1 saturated heterocycles. The minimum Gasteiger partial charge on any atom is -0.375 e. The van der Waals surface area contributed by atoms with E-state index in [9.17, 15) is 4.39 Å². The highest BCUT2D eigenvalue weighted by molar-refractivity contribution is 14.0. The van der Waals surface area contributed by atoms with Crippen molar-refractivity contribution in [1.82, 2.24) is 15.2 Å². The molecule has 30 heavy (non-hydrogen) atoms. The first-order valence-electron chi connectivity index (χ1n) is 10.1. The van der Waals surface area contributed by atoms with E-state index in [2.05, 4.69) is 28.2 Å². The molecule has 1 unspecified atom stereocenters. The summed E-state index contributed by atoms with van der Waals surface area (Å²) < 4.78 is 19.0. The predicted molar refractivity (Wildman–Crippen MR) is 130 cm³/mol. The molecule has 1 aliphatic heterocycles. The summed E-state index contributed by atoms with van der Waals surface area (Å²) in [5.41, 5.74) is 1.95. The summed E-state index contributed by atoms with van der Waals surface area (Å²) in [6.45, 7) is 8.45. The van der Waals surface area contributed by atoms with E-state index in [1.807, 2.05) is 37.2 Å². The van der Waals surface area contributed by atoms with Crippen LogP contribution in [0.5, 0.6) is 0 Å². The Morgan fingerprint density at radius 1 is 1.33 bits per heavy atom. The average Bonchev–Trinajstić information content (AvgIpc) is 2.71. The van der Waals surface area contributed by atoms with Crippen LogP contribution in [0.2, 0.25) is 0 Å². The van der Waals surface area contributed by atoms with Gasteiger partial charge in [-0.15, -0.1) is 24.0 Å². The Labute approximate surface area is 195 Å². The summed E-state index contributed by atoms with van der Waals surface area (Å²) in [5.74, 6) is 1.53. The van der Waals surface area contributed by atoms with Gasteiger partial charge in [0.15, 0.2) is 5.96 Å². The van der Waals surface area contributed by atoms with Gasteiger partial charge in [-0.1, -0.05) is 18.2 Å². The molecule has 0 saturated carbocycles. The number of hydrogen-bond donors (Lipinski definition) is 1. The lowest BCUT2D eigenvalue weighted by molar-refractivity contribution is 0.0529. The molecule has 8 heteroatoms. The minimum absolute atomic E-state index is 0. The Balaban J connectivity index is 0.00000320. The van der Waals surface area contributed by atoms with E-state index in [0.29, 0.717) is 13.1 Å². The molecule has 6 nitrogen and oxygen atoms in total. The van der Waals surface area contributed by atoms with Gasteiger partial charge in [-0.25, -0.2) is 14.4 Å². The fourth-order valence-electron chi connectivity index (χ4n) is 3.34. The summed E-state index contributed by atoms with van der Waals surface area (Å²) in [6.07, 6.45) is 2.11. The first-order valence-corrected chi connectivity index (χ1v) is 10.1. The molecule has 0 spiro atoms. The Kier molecular flexibility index (Phi) is 9.77. The van der Waals surface area contributed by atoms with Crippen LogP contribution in [-0.2, 0) is 17.8 Å². The molecule has 2 heterocycles. The van der Waals surface area contributed by atoms with Gasteiger partial charge in [0, 0.05) is 39.4 Å². The van der Waals surface area contributed by atoms with Gasteiger partial charge in [-0.05, 0) is 43.2 Å². The Morgan fingerprint density at radius 2 is 2.17 bits per heavy atom. The molecule has 0 amide bonds. The number of pyridine rings is 1. The number of aliphatic imine (C=N–C) groups is 1. The van der Waals surface area contributed by atoms with Crippen molar-refractivity contribution in [3.05, 3.63) is 59.5 Å². The van der Waals surface area contributed by atoms with E-state index in [0.717, 1.165) is 49.1 Å². The highest BCUT2D eigenvalue weighted by Gasteiger charge is 2.17. The molecule has 3 rings (SSSR count).